The van der Waals surface area contributed by atoms with E-state index in [9.17, 15) is 18.0 Å². The van der Waals surface area contributed by atoms with Crippen LogP contribution in [0.15, 0.2) is 53.4 Å². The summed E-state index contributed by atoms with van der Waals surface area (Å²) in [7, 11) is -3.48. The summed E-state index contributed by atoms with van der Waals surface area (Å²) in [5.74, 6) is -1.78. The maximum absolute atomic E-state index is 12.4. The van der Waals surface area contributed by atoms with Crippen LogP contribution in [0, 0.1) is 6.92 Å². The Morgan fingerprint density at radius 1 is 1.04 bits per heavy atom. The molecule has 0 fully saturated rings. The number of carboxylic acids is 1. The molecular formula is C19H21NO5S. The molecule has 0 bridgehead atoms. The van der Waals surface area contributed by atoms with E-state index in [1.54, 1.807) is 43.3 Å². The van der Waals surface area contributed by atoms with Crippen molar-refractivity contribution < 1.29 is 23.1 Å². The van der Waals surface area contributed by atoms with Gasteiger partial charge in [0, 0.05) is 5.56 Å². The average molecular weight is 375 g/mol. The van der Waals surface area contributed by atoms with Gasteiger partial charge in [-0.05, 0) is 43.2 Å². The van der Waals surface area contributed by atoms with Crippen molar-refractivity contribution in [3.63, 3.8) is 0 Å². The Bertz CT molecular complexity index is 887. The molecule has 26 heavy (non-hydrogen) atoms. The van der Waals surface area contributed by atoms with Gasteiger partial charge in [0.2, 0.25) is 0 Å². The molecule has 2 rings (SSSR count). The molecule has 0 heterocycles. The number of carboxylic acid groups (broad SMARTS) is 1. The average Bonchev–Trinajstić information content (AvgIpc) is 2.59. The van der Waals surface area contributed by atoms with Crippen LogP contribution in [-0.4, -0.2) is 31.4 Å². The lowest BCUT2D eigenvalue weighted by Gasteiger charge is -2.12. The van der Waals surface area contributed by atoms with Crippen LogP contribution in [-0.2, 0) is 20.4 Å². The van der Waals surface area contributed by atoms with Crippen molar-refractivity contribution in [1.82, 2.24) is 5.32 Å². The predicted octanol–water partition coefficient (Wildman–Crippen LogP) is 2.56. The number of carbonyl (C=O) groups is 2. The molecule has 0 radical (unpaired) electrons. The van der Waals surface area contributed by atoms with Crippen molar-refractivity contribution in [2.75, 3.05) is 0 Å². The van der Waals surface area contributed by atoms with Gasteiger partial charge < -0.3 is 10.4 Å². The summed E-state index contributed by atoms with van der Waals surface area (Å²) in [5.41, 5.74) is 1.81. The molecule has 0 aliphatic heterocycles. The number of hydrogen-bond acceptors (Lipinski definition) is 4. The van der Waals surface area contributed by atoms with Gasteiger partial charge in [-0.25, -0.2) is 13.2 Å². The zero-order valence-corrected chi connectivity index (χ0v) is 15.4. The van der Waals surface area contributed by atoms with Crippen LogP contribution in [0.25, 0.3) is 0 Å². The third kappa shape index (κ3) is 4.92. The highest BCUT2D eigenvalue weighted by Crippen LogP contribution is 2.17. The van der Waals surface area contributed by atoms with Gasteiger partial charge in [-0.2, -0.15) is 0 Å². The minimum absolute atomic E-state index is 0.176. The molecule has 0 aromatic heterocycles. The van der Waals surface area contributed by atoms with Crippen LogP contribution in [0.3, 0.4) is 0 Å². The van der Waals surface area contributed by atoms with Gasteiger partial charge in [0.15, 0.2) is 9.84 Å². The van der Waals surface area contributed by atoms with E-state index >= 15 is 0 Å². The summed E-state index contributed by atoms with van der Waals surface area (Å²) < 4.78 is 24.9. The van der Waals surface area contributed by atoms with Crippen LogP contribution < -0.4 is 5.32 Å². The molecule has 1 atom stereocenters. The molecule has 2 aromatic rings. The molecule has 2 N–H and O–H groups in total. The summed E-state index contributed by atoms with van der Waals surface area (Å²) >= 11 is 0. The Kier molecular flexibility index (Phi) is 6.15. The molecule has 138 valence electrons. The molecule has 1 unspecified atom stereocenters. The van der Waals surface area contributed by atoms with Gasteiger partial charge in [0.1, 0.15) is 6.04 Å². The van der Waals surface area contributed by atoms with Gasteiger partial charge in [-0.15, -0.1) is 0 Å². The van der Waals surface area contributed by atoms with Crippen LogP contribution >= 0.6 is 0 Å². The minimum atomic E-state index is -3.48. The van der Waals surface area contributed by atoms with E-state index in [2.05, 4.69) is 5.32 Å². The number of nitrogens with one attached hydrogen (secondary N) is 1. The van der Waals surface area contributed by atoms with Crippen LogP contribution in [0.2, 0.25) is 0 Å². The van der Waals surface area contributed by atoms with E-state index < -0.39 is 27.8 Å². The van der Waals surface area contributed by atoms with E-state index in [1.165, 1.54) is 12.1 Å². The van der Waals surface area contributed by atoms with Crippen LogP contribution in [0.1, 0.15) is 34.8 Å². The van der Waals surface area contributed by atoms with E-state index in [1.807, 2.05) is 6.92 Å². The number of carbonyl (C=O) groups excluding carboxylic acids is 1. The van der Waals surface area contributed by atoms with Crippen molar-refractivity contribution in [3.8, 4) is 0 Å². The topological polar surface area (TPSA) is 101 Å². The van der Waals surface area contributed by atoms with Crippen LogP contribution in [0.5, 0.6) is 0 Å². The van der Waals surface area contributed by atoms with Gasteiger partial charge in [0.25, 0.3) is 5.91 Å². The first-order chi connectivity index (χ1) is 12.2. The lowest BCUT2D eigenvalue weighted by atomic mass is 10.1. The molecule has 0 aliphatic carbocycles. The number of amides is 1. The molecule has 0 saturated heterocycles. The Morgan fingerprint density at radius 2 is 1.62 bits per heavy atom. The Balaban J connectivity index is 2.10. The van der Waals surface area contributed by atoms with Crippen molar-refractivity contribution in [3.05, 3.63) is 65.2 Å². The first-order valence-electron chi connectivity index (χ1n) is 8.15. The molecule has 6 nitrogen and oxygen atoms in total. The zero-order valence-electron chi connectivity index (χ0n) is 14.6. The fourth-order valence-electron chi connectivity index (χ4n) is 2.38. The van der Waals surface area contributed by atoms with E-state index in [4.69, 9.17) is 5.11 Å². The molecule has 0 saturated carbocycles. The highest BCUT2D eigenvalue weighted by molar-refractivity contribution is 7.90. The highest BCUT2D eigenvalue weighted by atomic mass is 32.2. The summed E-state index contributed by atoms with van der Waals surface area (Å²) in [4.78, 5) is 23.3. The lowest BCUT2D eigenvalue weighted by molar-refractivity contribution is -0.139. The second-order valence-corrected chi connectivity index (χ2v) is 8.03. The largest absolute Gasteiger partial charge is 0.480 e. The second kappa shape index (κ2) is 8.14. The summed E-state index contributed by atoms with van der Waals surface area (Å²) in [5, 5.41) is 11.4. The molecule has 2 aromatic carbocycles. The number of hydrogen-bond donors (Lipinski definition) is 2. The van der Waals surface area contributed by atoms with E-state index in [0.717, 1.165) is 5.56 Å². The summed E-state index contributed by atoms with van der Waals surface area (Å²) in [6, 6.07) is 11.8. The van der Waals surface area contributed by atoms with Crippen LogP contribution in [0.4, 0.5) is 0 Å². The molecule has 0 aliphatic rings. The minimum Gasteiger partial charge on any atom is -0.480 e. The zero-order chi connectivity index (χ0) is 19.3. The third-order valence-electron chi connectivity index (χ3n) is 3.96. The van der Waals surface area contributed by atoms with Crippen molar-refractivity contribution in [1.29, 1.82) is 0 Å². The molecule has 7 heteroatoms. The van der Waals surface area contributed by atoms with Gasteiger partial charge in [-0.1, -0.05) is 36.8 Å². The SMILES string of the molecule is CCC(NC(=O)c1ccc(CS(=O)(=O)c2ccc(C)cc2)cc1)C(=O)O. The quantitative estimate of drug-likeness (QED) is 0.775. The molecule has 0 spiro atoms. The molecule has 1 amide bonds. The van der Waals surface area contributed by atoms with Crippen molar-refractivity contribution in [2.24, 2.45) is 0 Å². The van der Waals surface area contributed by atoms with Gasteiger partial charge in [0.05, 0.1) is 10.6 Å². The number of rotatable bonds is 7. The fourth-order valence-corrected chi connectivity index (χ4v) is 3.73. The molecular weight excluding hydrogens is 354 g/mol. The Hall–Kier alpha value is -2.67. The normalized spacial score (nSPS) is 12.4. The van der Waals surface area contributed by atoms with Crippen molar-refractivity contribution in [2.45, 2.75) is 37.0 Å². The summed E-state index contributed by atoms with van der Waals surface area (Å²) in [6.07, 6.45) is 0.272. The third-order valence-corrected chi connectivity index (χ3v) is 5.67. The Labute approximate surface area is 152 Å². The summed E-state index contributed by atoms with van der Waals surface area (Å²) in [6.45, 7) is 3.55. The number of sulfone groups is 1. The van der Waals surface area contributed by atoms with Gasteiger partial charge >= 0.3 is 5.97 Å². The monoisotopic (exact) mass is 375 g/mol. The number of aryl methyl sites for hydroxylation is 1. The number of aliphatic carboxylic acids is 1. The standard InChI is InChI=1S/C19H21NO5S/c1-3-17(19(22)23)20-18(21)15-8-6-14(7-9-15)12-26(24,25)16-10-4-13(2)5-11-16/h4-11,17H,3,12H2,1-2H3,(H,20,21)(H,22,23). The number of benzene rings is 2. The maximum atomic E-state index is 12.4. The maximum Gasteiger partial charge on any atom is 0.326 e. The van der Waals surface area contributed by atoms with Crippen molar-refractivity contribution >= 4 is 21.7 Å². The second-order valence-electron chi connectivity index (χ2n) is 6.04. The Morgan fingerprint density at radius 3 is 2.12 bits per heavy atom. The fraction of sp³-hybridized carbons (Fsp3) is 0.263. The van der Waals surface area contributed by atoms with Gasteiger partial charge in [-0.3, -0.25) is 4.79 Å². The van der Waals surface area contributed by atoms with E-state index in [-0.39, 0.29) is 22.6 Å². The first-order valence-corrected chi connectivity index (χ1v) is 9.80. The highest BCUT2D eigenvalue weighted by Gasteiger charge is 2.19. The van der Waals surface area contributed by atoms with E-state index in [0.29, 0.717) is 5.56 Å². The lowest BCUT2D eigenvalue weighted by Crippen LogP contribution is -2.40. The predicted molar refractivity (Wildman–Crippen MR) is 97.7 cm³/mol. The smallest absolute Gasteiger partial charge is 0.326 e. The first kappa shape index (κ1) is 19.7.